The van der Waals surface area contributed by atoms with E-state index in [0.29, 0.717) is 11.4 Å². The molecule has 4 aromatic rings. The summed E-state index contributed by atoms with van der Waals surface area (Å²) in [6.07, 6.45) is 0. The summed E-state index contributed by atoms with van der Waals surface area (Å²) in [6, 6.07) is 21.4. The van der Waals surface area contributed by atoms with Crippen molar-refractivity contribution in [3.05, 3.63) is 72.8 Å². The van der Waals surface area contributed by atoms with Crippen LogP contribution in [0.4, 0.5) is 5.69 Å². The molecule has 0 aliphatic rings. The number of nitrogens with one attached hydrogen (secondary N) is 1. The average Bonchev–Trinajstić information content (AvgIpc) is 3.12. The SMILES string of the molecule is COc1ccc(S(=O)(=O)Nc2ccc(-c3nc4ccccc4s3)cc2)cc1. The van der Waals surface area contributed by atoms with Crippen molar-refractivity contribution in [3.8, 4) is 16.3 Å². The number of ether oxygens (including phenoxy) is 1. The Morgan fingerprint density at radius 2 is 1.63 bits per heavy atom. The maximum atomic E-state index is 12.5. The Hall–Kier alpha value is -2.90. The van der Waals surface area contributed by atoms with Crippen molar-refractivity contribution in [3.63, 3.8) is 0 Å². The van der Waals surface area contributed by atoms with Crippen LogP contribution in [-0.4, -0.2) is 20.5 Å². The monoisotopic (exact) mass is 396 g/mol. The molecule has 0 bridgehead atoms. The topological polar surface area (TPSA) is 68.3 Å². The molecule has 0 fully saturated rings. The van der Waals surface area contributed by atoms with Gasteiger partial charge in [0.15, 0.2) is 0 Å². The van der Waals surface area contributed by atoms with E-state index in [0.717, 1.165) is 20.8 Å². The van der Waals surface area contributed by atoms with E-state index in [2.05, 4.69) is 9.71 Å². The van der Waals surface area contributed by atoms with Crippen LogP contribution in [0.15, 0.2) is 77.7 Å². The molecule has 0 spiro atoms. The lowest BCUT2D eigenvalue weighted by atomic mass is 10.2. The minimum absolute atomic E-state index is 0.179. The second kappa shape index (κ2) is 7.02. The van der Waals surface area contributed by atoms with E-state index in [1.54, 1.807) is 35.6 Å². The predicted molar refractivity (Wildman–Crippen MR) is 109 cm³/mol. The van der Waals surface area contributed by atoms with Gasteiger partial charge in [-0.3, -0.25) is 4.72 Å². The Labute approximate surface area is 161 Å². The van der Waals surface area contributed by atoms with Crippen LogP contribution in [0.1, 0.15) is 0 Å². The van der Waals surface area contributed by atoms with Gasteiger partial charge in [-0.1, -0.05) is 12.1 Å². The molecule has 0 saturated carbocycles. The van der Waals surface area contributed by atoms with Gasteiger partial charge in [0, 0.05) is 11.3 Å². The number of nitrogens with zero attached hydrogens (tertiary/aromatic N) is 1. The number of benzene rings is 3. The molecular formula is C20H16N2O3S2. The molecule has 0 atom stereocenters. The minimum Gasteiger partial charge on any atom is -0.497 e. The molecule has 27 heavy (non-hydrogen) atoms. The summed E-state index contributed by atoms with van der Waals surface area (Å²) in [4.78, 5) is 4.80. The maximum absolute atomic E-state index is 12.5. The van der Waals surface area contributed by atoms with E-state index in [1.807, 2.05) is 36.4 Å². The van der Waals surface area contributed by atoms with Crippen LogP contribution in [0.5, 0.6) is 5.75 Å². The summed E-state index contributed by atoms with van der Waals surface area (Å²) >= 11 is 1.61. The average molecular weight is 396 g/mol. The van der Waals surface area contributed by atoms with E-state index >= 15 is 0 Å². The quantitative estimate of drug-likeness (QED) is 0.527. The van der Waals surface area contributed by atoms with E-state index < -0.39 is 10.0 Å². The summed E-state index contributed by atoms with van der Waals surface area (Å²) in [5, 5.41) is 0.903. The first-order valence-corrected chi connectivity index (χ1v) is 10.5. The van der Waals surface area contributed by atoms with E-state index in [4.69, 9.17) is 4.74 Å². The number of rotatable bonds is 5. The third-order valence-corrected chi connectivity index (χ3v) is 6.53. The summed E-state index contributed by atoms with van der Waals surface area (Å²) in [6.45, 7) is 0. The Bertz CT molecular complexity index is 1150. The Morgan fingerprint density at radius 3 is 2.30 bits per heavy atom. The number of para-hydroxylation sites is 1. The van der Waals surface area contributed by atoms with Gasteiger partial charge < -0.3 is 4.74 Å². The third-order valence-electron chi connectivity index (χ3n) is 4.05. The molecule has 136 valence electrons. The van der Waals surface area contributed by atoms with Crippen LogP contribution in [0.25, 0.3) is 20.8 Å². The van der Waals surface area contributed by atoms with Gasteiger partial charge in [0.2, 0.25) is 0 Å². The van der Waals surface area contributed by atoms with Gasteiger partial charge in [0.25, 0.3) is 10.0 Å². The summed E-state index contributed by atoms with van der Waals surface area (Å²) in [5.74, 6) is 0.606. The van der Waals surface area contributed by atoms with Crippen LogP contribution in [-0.2, 0) is 10.0 Å². The number of methoxy groups -OCH3 is 1. The van der Waals surface area contributed by atoms with Gasteiger partial charge in [-0.2, -0.15) is 0 Å². The highest BCUT2D eigenvalue weighted by atomic mass is 32.2. The maximum Gasteiger partial charge on any atom is 0.261 e. The molecule has 0 aliphatic heterocycles. The van der Waals surface area contributed by atoms with Crippen molar-refractivity contribution in [1.82, 2.24) is 4.98 Å². The number of anilines is 1. The summed E-state index contributed by atoms with van der Waals surface area (Å²) in [5.41, 5.74) is 2.40. The molecule has 3 aromatic carbocycles. The minimum atomic E-state index is -3.65. The molecule has 5 nitrogen and oxygen atoms in total. The smallest absolute Gasteiger partial charge is 0.261 e. The van der Waals surface area contributed by atoms with Crippen molar-refractivity contribution in [2.24, 2.45) is 0 Å². The lowest BCUT2D eigenvalue weighted by molar-refractivity contribution is 0.414. The highest BCUT2D eigenvalue weighted by molar-refractivity contribution is 7.92. The fraction of sp³-hybridized carbons (Fsp3) is 0.0500. The van der Waals surface area contributed by atoms with Gasteiger partial charge >= 0.3 is 0 Å². The lowest BCUT2D eigenvalue weighted by Gasteiger charge is -2.09. The molecule has 0 amide bonds. The molecule has 0 radical (unpaired) electrons. The Balaban J connectivity index is 1.56. The van der Waals surface area contributed by atoms with E-state index in [9.17, 15) is 8.42 Å². The first-order chi connectivity index (χ1) is 13.0. The van der Waals surface area contributed by atoms with Crippen molar-refractivity contribution in [2.75, 3.05) is 11.8 Å². The number of aromatic nitrogens is 1. The standard InChI is InChI=1S/C20H16N2O3S2/c1-25-16-10-12-17(13-11-16)27(23,24)22-15-8-6-14(7-9-15)20-21-18-4-2-3-5-19(18)26-20/h2-13,22H,1H3. The zero-order valence-electron chi connectivity index (χ0n) is 14.4. The number of hydrogen-bond donors (Lipinski definition) is 1. The van der Waals surface area contributed by atoms with E-state index in [-0.39, 0.29) is 4.90 Å². The van der Waals surface area contributed by atoms with Gasteiger partial charge in [0.1, 0.15) is 10.8 Å². The summed E-state index contributed by atoms with van der Waals surface area (Å²) < 4.78 is 33.8. The first-order valence-electron chi connectivity index (χ1n) is 8.18. The lowest BCUT2D eigenvalue weighted by Crippen LogP contribution is -2.12. The van der Waals surface area contributed by atoms with Crippen LogP contribution >= 0.6 is 11.3 Å². The zero-order chi connectivity index (χ0) is 18.9. The molecule has 1 aromatic heterocycles. The number of sulfonamides is 1. The van der Waals surface area contributed by atoms with Gasteiger partial charge in [0.05, 0.1) is 22.2 Å². The number of thiazole rings is 1. The molecule has 0 aliphatic carbocycles. The fourth-order valence-corrected chi connectivity index (χ4v) is 4.68. The molecule has 1 heterocycles. The zero-order valence-corrected chi connectivity index (χ0v) is 16.0. The molecule has 0 saturated heterocycles. The first kappa shape index (κ1) is 17.5. The van der Waals surface area contributed by atoms with Gasteiger partial charge in [-0.15, -0.1) is 11.3 Å². The molecular weight excluding hydrogens is 380 g/mol. The van der Waals surface area contributed by atoms with E-state index in [1.165, 1.54) is 19.2 Å². The van der Waals surface area contributed by atoms with Gasteiger partial charge in [-0.05, 0) is 60.7 Å². The van der Waals surface area contributed by atoms with Crippen molar-refractivity contribution in [1.29, 1.82) is 0 Å². The normalized spacial score (nSPS) is 11.4. The fourth-order valence-electron chi connectivity index (χ4n) is 2.65. The van der Waals surface area contributed by atoms with Crippen molar-refractivity contribution >= 4 is 37.3 Å². The molecule has 1 N–H and O–H groups in total. The second-order valence-corrected chi connectivity index (χ2v) is 8.56. The van der Waals surface area contributed by atoms with Gasteiger partial charge in [-0.25, -0.2) is 13.4 Å². The molecule has 4 rings (SSSR count). The Morgan fingerprint density at radius 1 is 0.926 bits per heavy atom. The molecule has 0 unspecified atom stereocenters. The van der Waals surface area contributed by atoms with Crippen LogP contribution in [0.3, 0.4) is 0 Å². The molecule has 7 heteroatoms. The van der Waals surface area contributed by atoms with Crippen LogP contribution in [0.2, 0.25) is 0 Å². The number of hydrogen-bond acceptors (Lipinski definition) is 5. The largest absolute Gasteiger partial charge is 0.497 e. The van der Waals surface area contributed by atoms with Crippen molar-refractivity contribution < 1.29 is 13.2 Å². The highest BCUT2D eigenvalue weighted by Gasteiger charge is 2.14. The Kier molecular flexibility index (Phi) is 4.55. The van der Waals surface area contributed by atoms with Crippen molar-refractivity contribution in [2.45, 2.75) is 4.90 Å². The summed E-state index contributed by atoms with van der Waals surface area (Å²) in [7, 11) is -2.12. The van der Waals surface area contributed by atoms with Crippen LogP contribution in [0, 0.1) is 0 Å². The predicted octanol–water partition coefficient (Wildman–Crippen LogP) is 4.77. The second-order valence-electron chi connectivity index (χ2n) is 5.85. The third kappa shape index (κ3) is 3.65. The highest BCUT2D eigenvalue weighted by Crippen LogP contribution is 2.31. The number of fused-ring (bicyclic) bond motifs is 1. The van der Waals surface area contributed by atoms with Crippen LogP contribution < -0.4 is 9.46 Å².